The van der Waals surface area contributed by atoms with Crippen LogP contribution in [0.15, 0.2) is 30.1 Å². The topological polar surface area (TPSA) is 98.3 Å². The summed E-state index contributed by atoms with van der Waals surface area (Å²) in [5.74, 6) is -1.70. The molecule has 7 nitrogen and oxygen atoms in total. The van der Waals surface area contributed by atoms with E-state index < -0.39 is 17.6 Å². The van der Waals surface area contributed by atoms with Crippen molar-refractivity contribution in [3.8, 4) is 0 Å². The van der Waals surface area contributed by atoms with Gasteiger partial charge in [0.2, 0.25) is 0 Å². The third-order valence-electron chi connectivity index (χ3n) is 3.16. The molecule has 0 unspecified atom stereocenters. The fraction of sp³-hybridized carbons (Fsp3) is 0.154. The van der Waals surface area contributed by atoms with Gasteiger partial charge in [0.05, 0.1) is 35.9 Å². The second kappa shape index (κ2) is 4.98. The third-order valence-corrected chi connectivity index (χ3v) is 3.16. The zero-order chi connectivity index (χ0) is 15.0. The van der Waals surface area contributed by atoms with E-state index >= 15 is 0 Å². The van der Waals surface area contributed by atoms with Crippen LogP contribution in [-0.2, 0) is 9.59 Å². The average molecular weight is 290 g/mol. The van der Waals surface area contributed by atoms with Crippen LogP contribution in [-0.4, -0.2) is 45.2 Å². The van der Waals surface area contributed by atoms with Crippen LogP contribution < -0.4 is 5.32 Å². The molecule has 1 aromatic carbocycles. The maximum absolute atomic E-state index is 14.2. The first-order valence-electron chi connectivity index (χ1n) is 6.19. The normalized spacial score (nSPS) is 15.0. The van der Waals surface area contributed by atoms with Crippen molar-refractivity contribution in [1.29, 1.82) is 0 Å². The maximum Gasteiger partial charge on any atom is 0.277 e. The Hall–Kier alpha value is -2.74. The number of benzene rings is 1. The highest BCUT2D eigenvalue weighted by Crippen LogP contribution is 2.25. The maximum atomic E-state index is 14.2. The van der Waals surface area contributed by atoms with Crippen molar-refractivity contribution in [3.63, 3.8) is 0 Å². The molecular formula is C13H11FN4O3. The van der Waals surface area contributed by atoms with Crippen molar-refractivity contribution in [2.75, 3.05) is 18.5 Å². The molecule has 2 aromatic rings. The summed E-state index contributed by atoms with van der Waals surface area (Å²) in [7, 11) is 0. The average Bonchev–Trinajstić information content (AvgIpc) is 3.03. The summed E-state index contributed by atoms with van der Waals surface area (Å²) in [4.78, 5) is 24.4. The second-order valence-corrected chi connectivity index (χ2v) is 4.46. The zero-order valence-corrected chi connectivity index (χ0v) is 10.8. The lowest BCUT2D eigenvalue weighted by molar-refractivity contribution is -0.137. The quantitative estimate of drug-likeness (QED) is 0.706. The van der Waals surface area contributed by atoms with Crippen LogP contribution in [0.4, 0.5) is 10.1 Å². The smallest absolute Gasteiger partial charge is 0.277 e. The van der Waals surface area contributed by atoms with Gasteiger partial charge in [0.15, 0.2) is 5.82 Å². The van der Waals surface area contributed by atoms with Crippen molar-refractivity contribution in [2.24, 2.45) is 0 Å². The van der Waals surface area contributed by atoms with Gasteiger partial charge < -0.3 is 10.4 Å². The first-order valence-corrected chi connectivity index (χ1v) is 6.19. The first-order chi connectivity index (χ1) is 10.1. The largest absolute Gasteiger partial charge is 0.395 e. The molecular weight excluding hydrogens is 279 g/mol. The fourth-order valence-electron chi connectivity index (χ4n) is 2.13. The second-order valence-electron chi connectivity index (χ2n) is 4.46. The summed E-state index contributed by atoms with van der Waals surface area (Å²) >= 11 is 0. The van der Waals surface area contributed by atoms with Crippen molar-refractivity contribution in [2.45, 2.75) is 0 Å². The molecule has 1 aliphatic heterocycles. The molecule has 0 bridgehead atoms. The number of nitrogens with one attached hydrogen (secondary N) is 2. The predicted octanol–water partition coefficient (Wildman–Crippen LogP) is 0.359. The Morgan fingerprint density at radius 1 is 1.38 bits per heavy atom. The summed E-state index contributed by atoms with van der Waals surface area (Å²) in [6.45, 7) is -0.420. The van der Waals surface area contributed by atoms with Gasteiger partial charge in [0.1, 0.15) is 5.70 Å². The van der Waals surface area contributed by atoms with Crippen molar-refractivity contribution in [1.82, 2.24) is 15.1 Å². The molecule has 3 N–H and O–H groups in total. The van der Waals surface area contributed by atoms with E-state index in [9.17, 15) is 14.0 Å². The minimum Gasteiger partial charge on any atom is -0.395 e. The van der Waals surface area contributed by atoms with E-state index in [2.05, 4.69) is 15.5 Å². The van der Waals surface area contributed by atoms with E-state index in [1.54, 1.807) is 6.07 Å². The van der Waals surface area contributed by atoms with Crippen molar-refractivity contribution < 1.29 is 19.1 Å². The van der Waals surface area contributed by atoms with E-state index in [0.29, 0.717) is 5.52 Å². The van der Waals surface area contributed by atoms with E-state index in [4.69, 9.17) is 5.11 Å². The van der Waals surface area contributed by atoms with E-state index in [1.165, 1.54) is 12.3 Å². The molecule has 108 valence electrons. The molecule has 1 aliphatic rings. The van der Waals surface area contributed by atoms with Crippen LogP contribution >= 0.6 is 0 Å². The van der Waals surface area contributed by atoms with Crippen molar-refractivity contribution in [3.05, 3.63) is 35.9 Å². The minimum atomic E-state index is -0.597. The molecule has 21 heavy (non-hydrogen) atoms. The Labute approximate surface area is 118 Å². The molecule has 0 aliphatic carbocycles. The number of hydrogen-bond donors (Lipinski definition) is 3. The highest BCUT2D eigenvalue weighted by atomic mass is 19.1. The summed E-state index contributed by atoms with van der Waals surface area (Å²) in [5, 5.41) is 18.1. The number of nitrogens with zero attached hydrogens (tertiary/aromatic N) is 2. The van der Waals surface area contributed by atoms with Gasteiger partial charge >= 0.3 is 0 Å². The van der Waals surface area contributed by atoms with E-state index in [-0.39, 0.29) is 29.9 Å². The number of aliphatic hydroxyl groups is 1. The highest BCUT2D eigenvalue weighted by molar-refractivity contribution is 6.17. The molecule has 0 radical (unpaired) electrons. The van der Waals surface area contributed by atoms with Gasteiger partial charge in [-0.25, -0.2) is 4.39 Å². The molecule has 3 rings (SSSR count). The standard InChI is InChI=1S/C13H11FN4O3/c14-12-7-6-15-17-8(7)1-2-9(12)16-10-5-11(20)18(3-4-19)13(10)21/h1-2,5-6,16,19H,3-4H2,(H,15,17). The molecule has 0 atom stereocenters. The summed E-state index contributed by atoms with van der Waals surface area (Å²) < 4.78 is 14.2. The Morgan fingerprint density at radius 2 is 2.19 bits per heavy atom. The number of aromatic amines is 1. The van der Waals surface area contributed by atoms with Crippen LogP contribution in [0.2, 0.25) is 0 Å². The number of aliphatic hydroxyl groups excluding tert-OH is 1. The highest BCUT2D eigenvalue weighted by Gasteiger charge is 2.31. The number of rotatable bonds is 4. The molecule has 0 fully saturated rings. The molecule has 0 spiro atoms. The van der Waals surface area contributed by atoms with Gasteiger partial charge in [0.25, 0.3) is 11.8 Å². The van der Waals surface area contributed by atoms with Gasteiger partial charge in [-0.15, -0.1) is 0 Å². The molecule has 0 saturated heterocycles. The molecule has 2 amide bonds. The molecule has 2 heterocycles. The van der Waals surface area contributed by atoms with Gasteiger partial charge in [-0.2, -0.15) is 5.10 Å². The van der Waals surface area contributed by atoms with E-state index in [0.717, 1.165) is 11.0 Å². The number of amides is 2. The Kier molecular flexibility index (Phi) is 3.15. The Bertz CT molecular complexity index is 768. The SMILES string of the molecule is O=C1C=C(Nc2ccc3[nH]ncc3c2F)C(=O)N1CCO. The monoisotopic (exact) mass is 290 g/mol. The number of β-amino-alcohol motifs (C(OH)–C–C–N with tert-alkyl or cyclic N) is 1. The number of anilines is 1. The van der Waals surface area contributed by atoms with E-state index in [1.807, 2.05) is 0 Å². The van der Waals surface area contributed by atoms with Crippen molar-refractivity contribution >= 4 is 28.4 Å². The zero-order valence-electron chi connectivity index (χ0n) is 10.8. The van der Waals surface area contributed by atoms with Gasteiger partial charge in [-0.05, 0) is 12.1 Å². The van der Waals surface area contributed by atoms with Gasteiger partial charge in [-0.3, -0.25) is 19.6 Å². The lowest BCUT2D eigenvalue weighted by atomic mass is 10.2. The minimum absolute atomic E-state index is 0.0322. The fourth-order valence-corrected chi connectivity index (χ4v) is 2.13. The van der Waals surface area contributed by atoms with Crippen LogP contribution in [0.5, 0.6) is 0 Å². The Balaban J connectivity index is 1.89. The van der Waals surface area contributed by atoms with Crippen LogP contribution in [0.25, 0.3) is 10.9 Å². The van der Waals surface area contributed by atoms with Gasteiger partial charge in [0, 0.05) is 6.08 Å². The summed E-state index contributed by atoms with van der Waals surface area (Å²) in [6, 6.07) is 3.06. The number of carbonyl (C=O) groups is 2. The number of hydrogen-bond acceptors (Lipinski definition) is 5. The van der Waals surface area contributed by atoms with Crippen LogP contribution in [0.1, 0.15) is 0 Å². The predicted molar refractivity (Wildman–Crippen MR) is 71.6 cm³/mol. The van der Waals surface area contributed by atoms with Crippen LogP contribution in [0.3, 0.4) is 0 Å². The number of carbonyl (C=O) groups excluding carboxylic acids is 2. The number of fused-ring (bicyclic) bond motifs is 1. The lowest BCUT2D eigenvalue weighted by Crippen LogP contribution is -2.34. The number of imide groups is 1. The summed E-state index contributed by atoms with van der Waals surface area (Å²) in [5.41, 5.74) is 0.570. The molecule has 1 aromatic heterocycles. The first kappa shape index (κ1) is 13.3. The third kappa shape index (κ3) is 2.15. The number of aromatic nitrogens is 2. The molecule has 8 heteroatoms. The Morgan fingerprint density at radius 3 is 2.95 bits per heavy atom. The van der Waals surface area contributed by atoms with Crippen LogP contribution in [0, 0.1) is 5.82 Å². The van der Waals surface area contributed by atoms with Gasteiger partial charge in [-0.1, -0.05) is 0 Å². The number of H-pyrrole nitrogens is 1. The molecule has 0 saturated carbocycles. The number of halogens is 1. The summed E-state index contributed by atoms with van der Waals surface area (Å²) in [6.07, 6.45) is 2.42. The lowest BCUT2D eigenvalue weighted by Gasteiger charge is -2.13.